The first-order chi connectivity index (χ1) is 22.9. The number of amides is 2. The molecule has 0 unspecified atom stereocenters. The number of nitrogens with zero attached hydrogens (tertiary/aromatic N) is 1. The molecule has 47 heavy (non-hydrogen) atoms. The molecule has 0 aliphatic carbocycles. The van der Waals surface area contributed by atoms with Crippen molar-refractivity contribution in [1.29, 1.82) is 0 Å². The van der Waals surface area contributed by atoms with Gasteiger partial charge in [-0.15, -0.1) is 0 Å². The summed E-state index contributed by atoms with van der Waals surface area (Å²) >= 11 is 0. The molecule has 11 nitrogen and oxygen atoms in total. The Morgan fingerprint density at radius 2 is 1.53 bits per heavy atom. The second-order valence-electron chi connectivity index (χ2n) is 12.1. The monoisotopic (exact) mass is 647 g/mol. The number of aliphatic hydroxyl groups excluding tert-OH is 1. The van der Waals surface area contributed by atoms with E-state index in [0.29, 0.717) is 37.8 Å². The number of unbranched alkanes of at least 4 members (excludes halogenated alkanes) is 2. The Kier molecular flexibility index (Phi) is 12.2. The van der Waals surface area contributed by atoms with E-state index < -0.39 is 12.2 Å². The van der Waals surface area contributed by atoms with Crippen LogP contribution in [0.1, 0.15) is 78.7 Å². The molecule has 0 spiro atoms. The highest BCUT2D eigenvalue weighted by atomic mass is 16.7. The van der Waals surface area contributed by atoms with Gasteiger partial charge < -0.3 is 29.4 Å². The molecule has 5 rings (SSSR count). The Morgan fingerprint density at radius 3 is 2.19 bits per heavy atom. The van der Waals surface area contributed by atoms with E-state index in [2.05, 4.69) is 22.3 Å². The molecule has 1 saturated heterocycles. The molecule has 2 amide bonds. The quantitative estimate of drug-likeness (QED) is 0.106. The molecular formula is C36H45N3O8. The fourth-order valence-corrected chi connectivity index (χ4v) is 6.17. The molecule has 3 aromatic rings. The summed E-state index contributed by atoms with van der Waals surface area (Å²) in [6.07, 6.45) is 3.25. The number of anilines is 1. The van der Waals surface area contributed by atoms with Gasteiger partial charge in [-0.25, -0.2) is 5.48 Å². The molecule has 4 N–H and O–H groups in total. The third-order valence-corrected chi connectivity index (χ3v) is 8.77. The predicted molar refractivity (Wildman–Crippen MR) is 175 cm³/mol. The van der Waals surface area contributed by atoms with E-state index in [1.165, 1.54) is 11.1 Å². The van der Waals surface area contributed by atoms with Gasteiger partial charge in [0.05, 0.1) is 33.0 Å². The summed E-state index contributed by atoms with van der Waals surface area (Å²) in [5.41, 5.74) is 7.52. The van der Waals surface area contributed by atoms with E-state index in [1.54, 1.807) is 19.7 Å². The standard InChI is InChI=1S/C36H45N3O8/c1-44-32-18-27-16-17-39(21-28(27)19-33(32)45-2)22-30-20-31(25-10-8-24(23-40)9-11-25)47-36(46-30)26-12-14-29(15-13-26)37-34(41)6-4-3-5-7-35(42)38-43/h8-15,18-19,30-31,36,40,43H,3-7,16-17,20-23H2,1-2H3,(H,37,41)(H,38,42)/t30-,31+,36+/m0/s1. The first-order valence-electron chi connectivity index (χ1n) is 16.2. The number of benzene rings is 3. The van der Waals surface area contributed by atoms with Gasteiger partial charge in [-0.1, -0.05) is 42.8 Å². The first-order valence-corrected chi connectivity index (χ1v) is 16.2. The van der Waals surface area contributed by atoms with E-state index >= 15 is 0 Å². The van der Waals surface area contributed by atoms with Crippen LogP contribution in [-0.2, 0) is 38.6 Å². The third-order valence-electron chi connectivity index (χ3n) is 8.77. The highest BCUT2D eigenvalue weighted by molar-refractivity contribution is 5.90. The molecular weight excluding hydrogens is 602 g/mol. The van der Waals surface area contributed by atoms with Crippen molar-refractivity contribution in [2.24, 2.45) is 0 Å². The van der Waals surface area contributed by atoms with Crippen LogP contribution in [0.2, 0.25) is 0 Å². The molecule has 0 saturated carbocycles. The van der Waals surface area contributed by atoms with Gasteiger partial charge in [0.1, 0.15) is 0 Å². The summed E-state index contributed by atoms with van der Waals surface area (Å²) < 4.78 is 24.2. The van der Waals surface area contributed by atoms with E-state index in [9.17, 15) is 14.7 Å². The van der Waals surface area contributed by atoms with Crippen molar-refractivity contribution < 1.29 is 38.9 Å². The van der Waals surface area contributed by atoms with Gasteiger partial charge in [-0.05, 0) is 65.8 Å². The summed E-state index contributed by atoms with van der Waals surface area (Å²) in [5.74, 6) is 0.960. The van der Waals surface area contributed by atoms with Crippen molar-refractivity contribution in [3.05, 3.63) is 88.5 Å². The lowest BCUT2D eigenvalue weighted by molar-refractivity contribution is -0.253. The Balaban J connectivity index is 1.23. The highest BCUT2D eigenvalue weighted by Crippen LogP contribution is 2.39. The molecule has 2 aliphatic heterocycles. The van der Waals surface area contributed by atoms with Gasteiger partial charge in [-0.2, -0.15) is 0 Å². The zero-order valence-electron chi connectivity index (χ0n) is 27.1. The van der Waals surface area contributed by atoms with Gasteiger partial charge in [-0.3, -0.25) is 19.7 Å². The maximum absolute atomic E-state index is 12.5. The first kappa shape index (κ1) is 34.3. The number of fused-ring (bicyclic) bond motifs is 1. The Bertz CT molecular complexity index is 1480. The lowest BCUT2D eigenvalue weighted by Gasteiger charge is -2.39. The minimum absolute atomic E-state index is 0.0144. The van der Waals surface area contributed by atoms with Crippen LogP contribution in [0.4, 0.5) is 5.69 Å². The number of hydrogen-bond donors (Lipinski definition) is 4. The van der Waals surface area contributed by atoms with Crippen molar-refractivity contribution in [2.75, 3.05) is 32.6 Å². The Morgan fingerprint density at radius 1 is 0.872 bits per heavy atom. The number of hydrogen-bond acceptors (Lipinski definition) is 9. The van der Waals surface area contributed by atoms with Crippen LogP contribution in [0.5, 0.6) is 11.5 Å². The second kappa shape index (κ2) is 16.7. The summed E-state index contributed by atoms with van der Waals surface area (Å²) in [6, 6.07) is 19.5. The average Bonchev–Trinajstić information content (AvgIpc) is 3.10. The number of ether oxygens (including phenoxy) is 4. The molecule has 3 atom stereocenters. The summed E-state index contributed by atoms with van der Waals surface area (Å²) in [4.78, 5) is 26.0. The number of hydroxylamine groups is 1. The van der Waals surface area contributed by atoms with Crippen LogP contribution in [0.25, 0.3) is 0 Å². The van der Waals surface area contributed by atoms with Crippen LogP contribution in [0.3, 0.4) is 0 Å². The Hall–Kier alpha value is -4.00. The smallest absolute Gasteiger partial charge is 0.243 e. The molecule has 0 bridgehead atoms. The van der Waals surface area contributed by atoms with Gasteiger partial charge in [0, 0.05) is 50.1 Å². The average molecular weight is 648 g/mol. The van der Waals surface area contributed by atoms with Crippen molar-refractivity contribution in [1.82, 2.24) is 10.4 Å². The third kappa shape index (κ3) is 9.30. The summed E-state index contributed by atoms with van der Waals surface area (Å²) in [6.45, 7) is 2.40. The largest absolute Gasteiger partial charge is 0.493 e. The van der Waals surface area contributed by atoms with Gasteiger partial charge in [0.15, 0.2) is 17.8 Å². The molecule has 2 aliphatic rings. The van der Waals surface area contributed by atoms with Crippen LogP contribution in [0.15, 0.2) is 60.7 Å². The topological polar surface area (TPSA) is 139 Å². The lowest BCUT2D eigenvalue weighted by Crippen LogP contribution is -2.41. The maximum atomic E-state index is 12.5. The number of carbonyl (C=O) groups excluding carboxylic acids is 2. The number of nitrogens with one attached hydrogen (secondary N) is 2. The highest BCUT2D eigenvalue weighted by Gasteiger charge is 2.34. The van der Waals surface area contributed by atoms with Crippen LogP contribution >= 0.6 is 0 Å². The fraction of sp³-hybridized carbons (Fsp3) is 0.444. The maximum Gasteiger partial charge on any atom is 0.243 e. The van der Waals surface area contributed by atoms with E-state index in [4.69, 9.17) is 24.2 Å². The Labute approximate surface area is 275 Å². The minimum atomic E-state index is -0.599. The number of methoxy groups -OCH3 is 2. The molecule has 252 valence electrons. The molecule has 0 radical (unpaired) electrons. The van der Waals surface area contributed by atoms with Gasteiger partial charge in [0.2, 0.25) is 11.8 Å². The number of carbonyl (C=O) groups is 2. The SMILES string of the molecule is COc1cc2c(cc1OC)CN(C[C@@H]1C[C@H](c3ccc(CO)cc3)O[C@H](c3ccc(NC(=O)CCCCCC(=O)NO)cc3)O1)CC2. The molecule has 1 fully saturated rings. The van der Waals surface area contributed by atoms with Gasteiger partial charge in [0.25, 0.3) is 0 Å². The number of aliphatic hydroxyl groups is 1. The lowest BCUT2D eigenvalue weighted by atomic mass is 9.97. The molecule has 3 aromatic carbocycles. The zero-order valence-corrected chi connectivity index (χ0v) is 27.1. The second-order valence-corrected chi connectivity index (χ2v) is 12.1. The van der Waals surface area contributed by atoms with Crippen LogP contribution in [0, 0.1) is 0 Å². The molecule has 11 heteroatoms. The molecule has 0 aromatic heterocycles. The summed E-state index contributed by atoms with van der Waals surface area (Å²) in [5, 5.41) is 21.0. The minimum Gasteiger partial charge on any atom is -0.493 e. The van der Waals surface area contributed by atoms with Crippen LogP contribution in [-0.4, -0.2) is 60.4 Å². The van der Waals surface area contributed by atoms with Crippen molar-refractivity contribution in [3.63, 3.8) is 0 Å². The normalized spacial score (nSPS) is 19.4. The van der Waals surface area contributed by atoms with E-state index in [1.807, 2.05) is 48.5 Å². The van der Waals surface area contributed by atoms with Gasteiger partial charge >= 0.3 is 0 Å². The fourth-order valence-electron chi connectivity index (χ4n) is 6.17. The van der Waals surface area contributed by atoms with E-state index in [0.717, 1.165) is 54.2 Å². The summed E-state index contributed by atoms with van der Waals surface area (Å²) in [7, 11) is 3.31. The van der Waals surface area contributed by atoms with Crippen molar-refractivity contribution in [3.8, 4) is 11.5 Å². The zero-order chi connectivity index (χ0) is 33.2. The number of rotatable bonds is 14. The van der Waals surface area contributed by atoms with Crippen molar-refractivity contribution in [2.45, 2.75) is 76.6 Å². The predicted octanol–water partition coefficient (Wildman–Crippen LogP) is 5.19. The van der Waals surface area contributed by atoms with Crippen LogP contribution < -0.4 is 20.3 Å². The van der Waals surface area contributed by atoms with E-state index in [-0.39, 0.29) is 31.1 Å². The molecule has 2 heterocycles. The van der Waals surface area contributed by atoms with Crippen molar-refractivity contribution >= 4 is 17.5 Å².